The fourth-order valence-electron chi connectivity index (χ4n) is 4.41. The van der Waals surface area contributed by atoms with Crippen LogP contribution in [0.1, 0.15) is 48.5 Å². The van der Waals surface area contributed by atoms with Gasteiger partial charge in [-0.05, 0) is 43.5 Å². The highest BCUT2D eigenvalue weighted by Crippen LogP contribution is 2.24. The van der Waals surface area contributed by atoms with Gasteiger partial charge in [0, 0.05) is 23.5 Å². The summed E-state index contributed by atoms with van der Waals surface area (Å²) in [6.07, 6.45) is 8.86. The second kappa shape index (κ2) is 11.6. The number of rotatable bonds is 10. The van der Waals surface area contributed by atoms with Crippen molar-refractivity contribution in [2.75, 3.05) is 10.6 Å². The highest BCUT2D eigenvalue weighted by atomic mass is 16.3. The number of aromatic amines is 2. The monoisotopic (exact) mass is 518 g/mol. The minimum Gasteiger partial charge on any atom is -0.508 e. The largest absolute Gasteiger partial charge is 0.508 e. The number of imidazole rings is 2. The van der Waals surface area contributed by atoms with Crippen LogP contribution in [0.15, 0.2) is 61.2 Å². The van der Waals surface area contributed by atoms with E-state index < -0.39 is 0 Å². The number of nitrogens with zero attached hydrogens (tertiary/aromatic N) is 2. The van der Waals surface area contributed by atoms with Crippen molar-refractivity contribution < 1.29 is 28.9 Å². The molecule has 0 unspecified atom stereocenters. The van der Waals surface area contributed by atoms with Crippen molar-refractivity contribution in [2.45, 2.75) is 52.6 Å². The average molecular weight is 519 g/mol. The summed E-state index contributed by atoms with van der Waals surface area (Å²) in [5.41, 5.74) is 2.52. The number of amides is 2. The lowest BCUT2D eigenvalue weighted by Gasteiger charge is -2.12. The summed E-state index contributed by atoms with van der Waals surface area (Å²) in [4.78, 5) is 32.2. The Morgan fingerprint density at radius 3 is 1.66 bits per heavy atom. The smallest absolute Gasteiger partial charge is 0.270 e. The van der Waals surface area contributed by atoms with Crippen molar-refractivity contribution in [3.05, 3.63) is 84.0 Å². The molecule has 0 fully saturated rings. The van der Waals surface area contributed by atoms with Gasteiger partial charge in [0.2, 0.25) is 0 Å². The molecule has 6 N–H and O–H groups in total. The second-order valence-corrected chi connectivity index (χ2v) is 9.39. The van der Waals surface area contributed by atoms with E-state index in [2.05, 4.69) is 27.5 Å². The van der Waals surface area contributed by atoms with Gasteiger partial charge < -0.3 is 20.8 Å². The van der Waals surface area contributed by atoms with Gasteiger partial charge in [0.1, 0.15) is 36.3 Å². The molecule has 4 aromatic rings. The number of phenolic OH excluding ortho intramolecular Hbond substituents is 2. The summed E-state index contributed by atoms with van der Waals surface area (Å²) >= 11 is 0. The molecule has 0 bridgehead atoms. The fraction of sp³-hybridized carbons (Fsp3) is 0.286. The summed E-state index contributed by atoms with van der Waals surface area (Å²) in [6.45, 7) is 5.82. The number of hydrogen-bond acceptors (Lipinski definition) is 4. The molecule has 0 atom stereocenters. The van der Waals surface area contributed by atoms with Crippen LogP contribution < -0.4 is 19.8 Å². The highest BCUT2D eigenvalue weighted by molar-refractivity contribution is 5.90. The average Bonchev–Trinajstić information content (AvgIpc) is 3.52. The number of hydrogen-bond donors (Lipinski definition) is 6. The van der Waals surface area contributed by atoms with Crippen LogP contribution in [0.2, 0.25) is 0 Å². The third-order valence-corrected chi connectivity index (χ3v) is 6.44. The van der Waals surface area contributed by atoms with Crippen LogP contribution in [0.25, 0.3) is 0 Å². The van der Waals surface area contributed by atoms with Crippen molar-refractivity contribution in [1.29, 1.82) is 0 Å². The maximum Gasteiger partial charge on any atom is 0.270 e. The molecule has 0 saturated carbocycles. The molecule has 10 heteroatoms. The number of anilines is 2. The van der Waals surface area contributed by atoms with Gasteiger partial charge in [-0.15, -0.1) is 0 Å². The van der Waals surface area contributed by atoms with Crippen LogP contribution in [-0.2, 0) is 22.7 Å². The predicted octanol–water partition coefficient (Wildman–Crippen LogP) is 3.16. The van der Waals surface area contributed by atoms with E-state index in [0.29, 0.717) is 11.4 Å². The van der Waals surface area contributed by atoms with E-state index in [9.17, 15) is 19.8 Å². The molecule has 38 heavy (non-hydrogen) atoms. The van der Waals surface area contributed by atoms with Gasteiger partial charge in [-0.2, -0.15) is 0 Å². The molecular weight excluding hydrogens is 484 g/mol. The van der Waals surface area contributed by atoms with E-state index in [4.69, 9.17) is 0 Å². The van der Waals surface area contributed by atoms with Crippen molar-refractivity contribution in [2.24, 2.45) is 0 Å². The van der Waals surface area contributed by atoms with Crippen molar-refractivity contribution in [3.63, 3.8) is 0 Å². The number of carbonyl (C=O) groups excluding carboxylic acids is 2. The number of H-pyrrole nitrogens is 2. The van der Waals surface area contributed by atoms with Gasteiger partial charge >= 0.3 is 0 Å². The van der Waals surface area contributed by atoms with E-state index >= 15 is 0 Å². The number of nitrogens with one attached hydrogen (secondary N) is 4. The van der Waals surface area contributed by atoms with Crippen molar-refractivity contribution >= 4 is 23.2 Å². The molecule has 198 valence electrons. The molecule has 2 aromatic heterocycles. The Morgan fingerprint density at radius 2 is 1.26 bits per heavy atom. The van der Waals surface area contributed by atoms with Crippen LogP contribution in [0.4, 0.5) is 11.4 Å². The van der Waals surface area contributed by atoms with Gasteiger partial charge in [-0.1, -0.05) is 25.5 Å². The van der Waals surface area contributed by atoms with E-state index in [0.717, 1.165) is 35.6 Å². The molecule has 0 aliphatic heterocycles. The first-order valence-corrected chi connectivity index (χ1v) is 12.6. The zero-order valence-corrected chi connectivity index (χ0v) is 21.8. The van der Waals surface area contributed by atoms with Gasteiger partial charge in [-0.25, -0.2) is 19.1 Å². The molecule has 10 nitrogen and oxygen atoms in total. The molecule has 4 rings (SSSR count). The molecular formula is C28H34N6O4+2. The quantitative estimate of drug-likeness (QED) is 0.180. The number of aryl methyl sites for hydroxylation is 2. The van der Waals surface area contributed by atoms with Gasteiger partial charge in [0.15, 0.2) is 19.0 Å². The third kappa shape index (κ3) is 6.20. The summed E-state index contributed by atoms with van der Waals surface area (Å²) in [7, 11) is 0. The number of aromatic nitrogens is 4. The van der Waals surface area contributed by atoms with Crippen molar-refractivity contribution in [1.82, 2.24) is 9.97 Å². The number of aromatic hydroxyl groups is 2. The Labute approximate surface area is 221 Å². The molecule has 0 radical (unpaired) electrons. The normalized spacial score (nSPS) is 11.1. The molecule has 2 amide bonds. The summed E-state index contributed by atoms with van der Waals surface area (Å²) in [5.74, 6) is 1.32. The molecule has 0 aliphatic carbocycles. The lowest BCUT2D eigenvalue weighted by Crippen LogP contribution is -2.47. The third-order valence-electron chi connectivity index (χ3n) is 6.44. The Bertz CT molecular complexity index is 1340. The highest BCUT2D eigenvalue weighted by Gasteiger charge is 2.33. The van der Waals surface area contributed by atoms with E-state index in [-0.39, 0.29) is 42.3 Å². The zero-order valence-electron chi connectivity index (χ0n) is 21.8. The van der Waals surface area contributed by atoms with Crippen LogP contribution >= 0.6 is 0 Å². The number of carbonyl (C=O) groups is 2. The van der Waals surface area contributed by atoms with Gasteiger partial charge in [0.25, 0.3) is 23.5 Å². The van der Waals surface area contributed by atoms with Crippen LogP contribution in [-0.4, -0.2) is 32.0 Å². The number of benzene rings is 2. The Hall–Kier alpha value is -4.60. The van der Waals surface area contributed by atoms with Crippen molar-refractivity contribution in [3.8, 4) is 11.5 Å². The minimum atomic E-state index is -0.227. The van der Waals surface area contributed by atoms with Crippen LogP contribution in [0.3, 0.4) is 0 Å². The standard InChI is InChI=1S/C28H32N6O4/c1-4-5-22(27-29-10-12-33(27)16-25(37)31-20-8-6-18(2)23(35)14-20)28-30-11-13-34(28)17-26(38)32-21-9-7-19(3)24(36)15-21/h6-15,22H,4-5,16-17H2,1-3H3,(H4,31,32,35,36,37,38)/p+2. The topological polar surface area (TPSA) is 138 Å². The van der Waals surface area contributed by atoms with Gasteiger partial charge in [-0.3, -0.25) is 9.59 Å². The lowest BCUT2D eigenvalue weighted by atomic mass is 10.0. The Morgan fingerprint density at radius 1 is 0.816 bits per heavy atom. The number of phenols is 2. The summed E-state index contributed by atoms with van der Waals surface area (Å²) in [6, 6.07) is 10.1. The Kier molecular flexibility index (Phi) is 8.10. The first-order chi connectivity index (χ1) is 18.2. The van der Waals surface area contributed by atoms with E-state index in [1.807, 2.05) is 21.5 Å². The zero-order chi connectivity index (χ0) is 27.2. The van der Waals surface area contributed by atoms with Gasteiger partial charge in [0.05, 0.1) is 0 Å². The molecule has 0 spiro atoms. The van der Waals surface area contributed by atoms with E-state index in [1.165, 1.54) is 12.1 Å². The maximum atomic E-state index is 12.8. The maximum absolute atomic E-state index is 12.8. The van der Waals surface area contributed by atoms with Crippen LogP contribution in [0.5, 0.6) is 11.5 Å². The lowest BCUT2D eigenvalue weighted by molar-refractivity contribution is -0.704. The fourth-order valence-corrected chi connectivity index (χ4v) is 4.41. The molecule has 0 aliphatic rings. The van der Waals surface area contributed by atoms with E-state index in [1.54, 1.807) is 50.5 Å². The first-order valence-electron chi connectivity index (χ1n) is 12.6. The summed E-state index contributed by atoms with van der Waals surface area (Å²) in [5, 5.41) is 25.5. The minimum absolute atomic E-state index is 0.0752. The first kappa shape index (κ1) is 26.5. The molecule has 2 heterocycles. The summed E-state index contributed by atoms with van der Waals surface area (Å²) < 4.78 is 3.70. The van der Waals surface area contributed by atoms with Crippen LogP contribution in [0, 0.1) is 13.8 Å². The second-order valence-electron chi connectivity index (χ2n) is 9.39. The Balaban J connectivity index is 1.50. The molecule has 0 saturated heterocycles. The molecule has 2 aromatic carbocycles. The SMILES string of the molecule is CCCC(c1[nH]cc[n+]1CC(=O)Nc1ccc(C)c(O)c1)c1[nH]cc[n+]1CC(=O)Nc1ccc(C)c(O)c1. The predicted molar refractivity (Wildman–Crippen MR) is 142 cm³/mol.